The molecule has 3 nitrogen and oxygen atoms in total. The smallest absolute Gasteiger partial charge is 0.423 e. The largest absolute Gasteiger partial charge is 0.488 e. The molecule has 0 saturated carbocycles. The van der Waals surface area contributed by atoms with Crippen molar-refractivity contribution in [3.05, 3.63) is 28.8 Å². The van der Waals surface area contributed by atoms with Gasteiger partial charge in [0.15, 0.2) is 0 Å². The molecule has 0 spiro atoms. The standard InChI is InChI=1S/C7H8BClO3/c9-7-3-6(8(11)12)2-1-5(7)4-10/h1-3,10-12H,4H2. The highest BCUT2D eigenvalue weighted by molar-refractivity contribution is 6.59. The molecule has 1 aromatic rings. The van der Waals surface area contributed by atoms with Crippen LogP contribution in [0.3, 0.4) is 0 Å². The number of hydrogen-bond acceptors (Lipinski definition) is 3. The third-order valence-electron chi connectivity index (χ3n) is 1.55. The summed E-state index contributed by atoms with van der Waals surface area (Å²) in [5.74, 6) is 0. The first kappa shape index (κ1) is 9.54. The molecule has 1 aromatic carbocycles. The molecule has 0 amide bonds. The molecule has 0 aliphatic carbocycles. The van der Waals surface area contributed by atoms with E-state index in [4.69, 9.17) is 26.8 Å². The van der Waals surface area contributed by atoms with Gasteiger partial charge >= 0.3 is 7.12 Å². The van der Waals surface area contributed by atoms with Gasteiger partial charge < -0.3 is 15.2 Å². The van der Waals surface area contributed by atoms with Gasteiger partial charge in [-0.1, -0.05) is 23.7 Å². The Balaban J connectivity index is 3.02. The first-order valence-corrected chi connectivity index (χ1v) is 3.78. The van der Waals surface area contributed by atoms with E-state index in [0.29, 0.717) is 16.0 Å². The van der Waals surface area contributed by atoms with E-state index >= 15 is 0 Å². The third kappa shape index (κ3) is 1.98. The second kappa shape index (κ2) is 3.91. The van der Waals surface area contributed by atoms with Crippen LogP contribution in [0.2, 0.25) is 5.02 Å². The van der Waals surface area contributed by atoms with E-state index < -0.39 is 7.12 Å². The third-order valence-corrected chi connectivity index (χ3v) is 1.90. The van der Waals surface area contributed by atoms with Crippen molar-refractivity contribution in [2.75, 3.05) is 0 Å². The zero-order valence-electron chi connectivity index (χ0n) is 6.24. The minimum absolute atomic E-state index is 0.152. The summed E-state index contributed by atoms with van der Waals surface area (Å²) in [5.41, 5.74) is 0.887. The van der Waals surface area contributed by atoms with Crippen molar-refractivity contribution in [3.8, 4) is 0 Å². The van der Waals surface area contributed by atoms with Gasteiger partial charge in [-0.05, 0) is 17.1 Å². The summed E-state index contributed by atoms with van der Waals surface area (Å²) in [7, 11) is -1.52. The Bertz CT molecular complexity index is 277. The van der Waals surface area contributed by atoms with Crippen LogP contribution in [0.1, 0.15) is 5.56 Å². The van der Waals surface area contributed by atoms with Gasteiger partial charge in [-0.25, -0.2) is 0 Å². The Morgan fingerprint density at radius 1 is 1.33 bits per heavy atom. The van der Waals surface area contributed by atoms with E-state index in [1.165, 1.54) is 12.1 Å². The van der Waals surface area contributed by atoms with E-state index in [0.717, 1.165) is 0 Å². The fourth-order valence-corrected chi connectivity index (χ4v) is 1.10. The van der Waals surface area contributed by atoms with Gasteiger partial charge in [0, 0.05) is 5.02 Å². The molecule has 0 saturated heterocycles. The summed E-state index contributed by atoms with van der Waals surface area (Å²) in [6.45, 7) is -0.152. The molecule has 0 radical (unpaired) electrons. The molecule has 0 fully saturated rings. The average Bonchev–Trinajstić information content (AvgIpc) is 2.04. The van der Waals surface area contributed by atoms with Crippen molar-refractivity contribution in [1.29, 1.82) is 0 Å². The van der Waals surface area contributed by atoms with Gasteiger partial charge in [-0.2, -0.15) is 0 Å². The van der Waals surface area contributed by atoms with Gasteiger partial charge in [0.25, 0.3) is 0 Å². The zero-order chi connectivity index (χ0) is 9.14. The molecular formula is C7H8BClO3. The van der Waals surface area contributed by atoms with Crippen LogP contribution in [0.5, 0.6) is 0 Å². The van der Waals surface area contributed by atoms with E-state index in [1.54, 1.807) is 6.07 Å². The van der Waals surface area contributed by atoms with Gasteiger partial charge in [0.2, 0.25) is 0 Å². The van der Waals surface area contributed by atoms with Crippen molar-refractivity contribution >= 4 is 24.2 Å². The number of aliphatic hydroxyl groups excluding tert-OH is 1. The highest BCUT2D eigenvalue weighted by Gasteiger charge is 2.11. The summed E-state index contributed by atoms with van der Waals surface area (Å²) in [5, 5.41) is 26.6. The van der Waals surface area contributed by atoms with E-state index in [2.05, 4.69) is 0 Å². The lowest BCUT2D eigenvalue weighted by atomic mass is 9.80. The zero-order valence-corrected chi connectivity index (χ0v) is 6.99. The minimum Gasteiger partial charge on any atom is -0.423 e. The monoisotopic (exact) mass is 186 g/mol. The van der Waals surface area contributed by atoms with Crippen LogP contribution in [0.15, 0.2) is 18.2 Å². The summed E-state index contributed by atoms with van der Waals surface area (Å²) in [6.07, 6.45) is 0. The van der Waals surface area contributed by atoms with Crippen LogP contribution < -0.4 is 5.46 Å². The van der Waals surface area contributed by atoms with E-state index in [9.17, 15) is 0 Å². The average molecular weight is 186 g/mol. The molecule has 0 aliphatic heterocycles. The summed E-state index contributed by atoms with van der Waals surface area (Å²) >= 11 is 5.69. The molecule has 0 aliphatic rings. The van der Waals surface area contributed by atoms with Crippen molar-refractivity contribution in [2.45, 2.75) is 6.61 Å². The SMILES string of the molecule is OCc1ccc(B(O)O)cc1Cl. The number of halogens is 1. The molecule has 0 heterocycles. The maximum Gasteiger partial charge on any atom is 0.488 e. The maximum absolute atomic E-state index is 8.75. The number of benzene rings is 1. The lowest BCUT2D eigenvalue weighted by molar-refractivity contribution is 0.282. The van der Waals surface area contributed by atoms with Crippen LogP contribution in [-0.4, -0.2) is 22.3 Å². The molecule has 1 rings (SSSR count). The maximum atomic E-state index is 8.75. The summed E-state index contributed by atoms with van der Waals surface area (Å²) in [6, 6.07) is 4.47. The number of hydrogen-bond donors (Lipinski definition) is 3. The van der Waals surface area contributed by atoms with Crippen LogP contribution in [-0.2, 0) is 6.61 Å². The van der Waals surface area contributed by atoms with Crippen LogP contribution >= 0.6 is 11.6 Å². The Morgan fingerprint density at radius 3 is 2.42 bits per heavy atom. The molecular weight excluding hydrogens is 178 g/mol. The fourth-order valence-electron chi connectivity index (χ4n) is 0.852. The molecule has 3 N–H and O–H groups in total. The van der Waals surface area contributed by atoms with Crippen LogP contribution in [0.25, 0.3) is 0 Å². The Kier molecular flexibility index (Phi) is 3.11. The quantitative estimate of drug-likeness (QED) is 0.546. The molecule has 5 heteroatoms. The Hall–Kier alpha value is -0.545. The predicted octanol–water partition coefficient (Wildman–Crippen LogP) is -0.488. The highest BCUT2D eigenvalue weighted by atomic mass is 35.5. The first-order chi connectivity index (χ1) is 5.65. The molecule has 0 atom stereocenters. The minimum atomic E-state index is -1.52. The summed E-state index contributed by atoms with van der Waals surface area (Å²) in [4.78, 5) is 0. The molecule has 0 aromatic heterocycles. The highest BCUT2D eigenvalue weighted by Crippen LogP contribution is 2.13. The predicted molar refractivity (Wildman–Crippen MR) is 47.2 cm³/mol. The fraction of sp³-hybridized carbons (Fsp3) is 0.143. The first-order valence-electron chi connectivity index (χ1n) is 3.40. The topological polar surface area (TPSA) is 60.7 Å². The van der Waals surface area contributed by atoms with Crippen LogP contribution in [0.4, 0.5) is 0 Å². The number of rotatable bonds is 2. The van der Waals surface area contributed by atoms with Gasteiger partial charge in [0.05, 0.1) is 6.61 Å². The second-order valence-electron chi connectivity index (χ2n) is 2.38. The molecule has 0 unspecified atom stereocenters. The van der Waals surface area contributed by atoms with Crippen molar-refractivity contribution in [1.82, 2.24) is 0 Å². The van der Waals surface area contributed by atoms with Gasteiger partial charge in [0.1, 0.15) is 0 Å². The van der Waals surface area contributed by atoms with Crippen molar-refractivity contribution in [2.24, 2.45) is 0 Å². The molecule has 0 bridgehead atoms. The van der Waals surface area contributed by atoms with Gasteiger partial charge in [-0.3, -0.25) is 0 Å². The second-order valence-corrected chi connectivity index (χ2v) is 2.79. The Morgan fingerprint density at radius 2 is 2.00 bits per heavy atom. The molecule has 12 heavy (non-hydrogen) atoms. The lowest BCUT2D eigenvalue weighted by Crippen LogP contribution is -2.29. The lowest BCUT2D eigenvalue weighted by Gasteiger charge is -2.03. The van der Waals surface area contributed by atoms with E-state index in [-0.39, 0.29) is 6.61 Å². The van der Waals surface area contributed by atoms with E-state index in [1.807, 2.05) is 0 Å². The van der Waals surface area contributed by atoms with Gasteiger partial charge in [-0.15, -0.1) is 0 Å². The van der Waals surface area contributed by atoms with Crippen molar-refractivity contribution < 1.29 is 15.2 Å². The number of aliphatic hydroxyl groups is 1. The summed E-state index contributed by atoms with van der Waals surface area (Å²) < 4.78 is 0. The normalized spacial score (nSPS) is 10.0. The van der Waals surface area contributed by atoms with Crippen molar-refractivity contribution in [3.63, 3.8) is 0 Å². The van der Waals surface area contributed by atoms with Crippen LogP contribution in [0, 0.1) is 0 Å². The Labute approximate surface area is 75.4 Å². The molecule has 64 valence electrons.